The van der Waals surface area contributed by atoms with E-state index in [1.54, 1.807) is 0 Å². The molecule has 0 saturated carbocycles. The first-order chi connectivity index (χ1) is 13.4. The van der Waals surface area contributed by atoms with Crippen LogP contribution in [0.15, 0.2) is 59.0 Å². The lowest BCUT2D eigenvalue weighted by atomic mass is 9.96. The van der Waals surface area contributed by atoms with Crippen molar-refractivity contribution in [2.75, 3.05) is 0 Å². The van der Waals surface area contributed by atoms with Crippen LogP contribution in [0.5, 0.6) is 0 Å². The van der Waals surface area contributed by atoms with Gasteiger partial charge in [0.25, 0.3) is 0 Å². The largest absolute Gasteiger partial charge is 0.416 e. The van der Waals surface area contributed by atoms with Crippen molar-refractivity contribution in [1.29, 1.82) is 0 Å². The van der Waals surface area contributed by atoms with Crippen molar-refractivity contribution in [1.82, 2.24) is 10.2 Å². The van der Waals surface area contributed by atoms with Crippen LogP contribution in [-0.4, -0.2) is 10.2 Å². The lowest BCUT2D eigenvalue weighted by molar-refractivity contribution is 0.584. The molecular weight excluding hydrogens is 344 g/mol. The molecule has 1 heterocycles. The molecule has 0 amide bonds. The van der Waals surface area contributed by atoms with Crippen LogP contribution in [0.2, 0.25) is 0 Å². The zero-order valence-corrected chi connectivity index (χ0v) is 17.0. The Bertz CT molecular complexity index is 1170. The van der Waals surface area contributed by atoms with Crippen LogP contribution in [0.25, 0.3) is 34.0 Å². The predicted octanol–water partition coefficient (Wildman–Crippen LogP) is 6.61. The standard InChI is InChI=1S/C25H24N2O/c1-15-6-8-20(12-17(15)3)23-11-10-22(14-19(23)5)25-27-26-24(28-25)21-9-7-16(2)18(4)13-21/h6-14H,1-5H3. The molecule has 1 aromatic heterocycles. The minimum Gasteiger partial charge on any atom is -0.416 e. The van der Waals surface area contributed by atoms with E-state index >= 15 is 0 Å². The Hall–Kier alpha value is -3.20. The van der Waals surface area contributed by atoms with Gasteiger partial charge in [-0.15, -0.1) is 10.2 Å². The second-order valence-corrected chi connectivity index (χ2v) is 7.54. The van der Waals surface area contributed by atoms with Crippen LogP contribution in [0.4, 0.5) is 0 Å². The molecule has 3 heteroatoms. The smallest absolute Gasteiger partial charge is 0.248 e. The summed E-state index contributed by atoms with van der Waals surface area (Å²) >= 11 is 0. The highest BCUT2D eigenvalue weighted by atomic mass is 16.4. The second-order valence-electron chi connectivity index (χ2n) is 7.54. The first-order valence-corrected chi connectivity index (χ1v) is 9.52. The highest BCUT2D eigenvalue weighted by Gasteiger charge is 2.13. The van der Waals surface area contributed by atoms with E-state index in [1.165, 1.54) is 38.9 Å². The zero-order valence-electron chi connectivity index (χ0n) is 17.0. The summed E-state index contributed by atoms with van der Waals surface area (Å²) in [6.45, 7) is 10.6. The van der Waals surface area contributed by atoms with Gasteiger partial charge in [-0.05, 0) is 97.8 Å². The molecule has 28 heavy (non-hydrogen) atoms. The third-order valence-electron chi connectivity index (χ3n) is 5.47. The van der Waals surface area contributed by atoms with Crippen LogP contribution in [0.3, 0.4) is 0 Å². The van der Waals surface area contributed by atoms with Gasteiger partial charge in [0.2, 0.25) is 11.8 Å². The van der Waals surface area contributed by atoms with Crippen LogP contribution in [-0.2, 0) is 0 Å². The average Bonchev–Trinajstić information content (AvgIpc) is 3.16. The van der Waals surface area contributed by atoms with Gasteiger partial charge in [-0.3, -0.25) is 0 Å². The molecule has 0 radical (unpaired) electrons. The summed E-state index contributed by atoms with van der Waals surface area (Å²) in [5.41, 5.74) is 10.6. The lowest BCUT2D eigenvalue weighted by Crippen LogP contribution is -1.88. The van der Waals surface area contributed by atoms with E-state index in [0.717, 1.165) is 11.1 Å². The number of aromatic nitrogens is 2. The molecule has 0 saturated heterocycles. The molecule has 0 spiro atoms. The van der Waals surface area contributed by atoms with Gasteiger partial charge in [0, 0.05) is 11.1 Å². The molecule has 0 aliphatic rings. The van der Waals surface area contributed by atoms with Gasteiger partial charge in [-0.2, -0.15) is 0 Å². The fraction of sp³-hybridized carbons (Fsp3) is 0.200. The van der Waals surface area contributed by atoms with Gasteiger partial charge >= 0.3 is 0 Å². The topological polar surface area (TPSA) is 38.9 Å². The molecule has 4 rings (SSSR count). The van der Waals surface area contributed by atoms with Gasteiger partial charge < -0.3 is 4.42 Å². The highest BCUT2D eigenvalue weighted by Crippen LogP contribution is 2.30. The number of hydrogen-bond acceptors (Lipinski definition) is 3. The van der Waals surface area contributed by atoms with Crippen molar-refractivity contribution in [3.63, 3.8) is 0 Å². The van der Waals surface area contributed by atoms with Crippen molar-refractivity contribution in [3.8, 4) is 34.0 Å². The molecule has 0 atom stereocenters. The molecule has 140 valence electrons. The molecule has 0 aliphatic carbocycles. The predicted molar refractivity (Wildman–Crippen MR) is 114 cm³/mol. The monoisotopic (exact) mass is 368 g/mol. The van der Waals surface area contributed by atoms with Crippen LogP contribution < -0.4 is 0 Å². The van der Waals surface area contributed by atoms with Crippen LogP contribution >= 0.6 is 0 Å². The summed E-state index contributed by atoms with van der Waals surface area (Å²) in [5.74, 6) is 1.09. The third kappa shape index (κ3) is 3.36. The van der Waals surface area contributed by atoms with E-state index in [9.17, 15) is 0 Å². The summed E-state index contributed by atoms with van der Waals surface area (Å²) in [4.78, 5) is 0. The Morgan fingerprint density at radius 2 is 0.964 bits per heavy atom. The van der Waals surface area contributed by atoms with Gasteiger partial charge in [0.15, 0.2) is 0 Å². The Morgan fingerprint density at radius 1 is 0.500 bits per heavy atom. The first kappa shape index (κ1) is 18.2. The van der Waals surface area contributed by atoms with Crippen molar-refractivity contribution in [2.45, 2.75) is 34.6 Å². The average molecular weight is 368 g/mol. The molecule has 0 N–H and O–H groups in total. The van der Waals surface area contributed by atoms with E-state index in [1.807, 2.05) is 6.07 Å². The molecule has 4 aromatic rings. The fourth-order valence-corrected chi connectivity index (χ4v) is 3.36. The van der Waals surface area contributed by atoms with E-state index in [0.29, 0.717) is 11.8 Å². The van der Waals surface area contributed by atoms with Gasteiger partial charge in [0.1, 0.15) is 0 Å². The number of benzene rings is 3. The normalized spacial score (nSPS) is 11.0. The first-order valence-electron chi connectivity index (χ1n) is 9.52. The summed E-state index contributed by atoms with van der Waals surface area (Å²) in [5, 5.41) is 8.52. The Balaban J connectivity index is 1.67. The maximum atomic E-state index is 5.96. The lowest BCUT2D eigenvalue weighted by Gasteiger charge is -2.09. The van der Waals surface area contributed by atoms with Gasteiger partial charge in [0.05, 0.1) is 0 Å². The molecule has 0 aliphatic heterocycles. The Morgan fingerprint density at radius 3 is 1.50 bits per heavy atom. The highest BCUT2D eigenvalue weighted by molar-refractivity contribution is 5.72. The quantitative estimate of drug-likeness (QED) is 0.408. The molecule has 0 fully saturated rings. The van der Waals surface area contributed by atoms with E-state index in [4.69, 9.17) is 4.42 Å². The summed E-state index contributed by atoms with van der Waals surface area (Å²) in [6, 6.07) is 19.1. The van der Waals surface area contributed by atoms with Gasteiger partial charge in [-0.25, -0.2) is 0 Å². The van der Waals surface area contributed by atoms with Crippen molar-refractivity contribution in [2.24, 2.45) is 0 Å². The number of hydrogen-bond donors (Lipinski definition) is 0. The molecule has 3 nitrogen and oxygen atoms in total. The minimum absolute atomic E-state index is 0.544. The van der Waals surface area contributed by atoms with Crippen molar-refractivity contribution in [3.05, 3.63) is 82.4 Å². The maximum Gasteiger partial charge on any atom is 0.248 e. The number of nitrogens with zero attached hydrogens (tertiary/aromatic N) is 2. The molecular formula is C25H24N2O. The summed E-state index contributed by atoms with van der Waals surface area (Å²) < 4.78 is 5.96. The number of rotatable bonds is 3. The van der Waals surface area contributed by atoms with E-state index < -0.39 is 0 Å². The van der Waals surface area contributed by atoms with Crippen molar-refractivity contribution < 1.29 is 4.42 Å². The zero-order chi connectivity index (χ0) is 19.8. The second kappa shape index (κ2) is 7.08. The van der Waals surface area contributed by atoms with Gasteiger partial charge in [-0.1, -0.05) is 30.3 Å². The minimum atomic E-state index is 0.544. The SMILES string of the molecule is Cc1ccc(-c2nnc(-c3ccc(-c4ccc(C)c(C)c4)c(C)c3)o2)cc1C. The Kier molecular flexibility index (Phi) is 4.60. The molecule has 0 unspecified atom stereocenters. The van der Waals surface area contributed by atoms with E-state index in [2.05, 4.69) is 93.3 Å². The Labute approximate surface area is 166 Å². The van der Waals surface area contributed by atoms with E-state index in [-0.39, 0.29) is 0 Å². The van der Waals surface area contributed by atoms with Crippen LogP contribution in [0, 0.1) is 34.6 Å². The maximum absolute atomic E-state index is 5.96. The fourth-order valence-electron chi connectivity index (χ4n) is 3.36. The molecule has 0 bridgehead atoms. The third-order valence-corrected chi connectivity index (χ3v) is 5.47. The summed E-state index contributed by atoms with van der Waals surface area (Å²) in [7, 11) is 0. The van der Waals surface area contributed by atoms with Crippen LogP contribution in [0.1, 0.15) is 27.8 Å². The summed E-state index contributed by atoms with van der Waals surface area (Å²) in [6.07, 6.45) is 0. The molecule has 3 aromatic carbocycles. The number of aryl methyl sites for hydroxylation is 5. The van der Waals surface area contributed by atoms with Crippen molar-refractivity contribution >= 4 is 0 Å².